The van der Waals surface area contributed by atoms with Gasteiger partial charge in [-0.2, -0.15) is 5.10 Å². The van der Waals surface area contributed by atoms with E-state index >= 15 is 0 Å². The number of rotatable bonds is 2. The molecule has 154 valence electrons. The SMILES string of the molecule is C[C@@H]1N(c2cnn3c2CN(C(=O)Nc2ccnc(Cl)c2)[C@@H](C)C3)C(=O)OC1(C)C. The molecule has 2 aliphatic rings. The van der Waals surface area contributed by atoms with Crippen molar-refractivity contribution in [3.63, 3.8) is 0 Å². The van der Waals surface area contributed by atoms with Gasteiger partial charge in [-0.1, -0.05) is 11.6 Å². The molecule has 0 radical (unpaired) electrons. The van der Waals surface area contributed by atoms with Gasteiger partial charge in [0.05, 0.1) is 42.8 Å². The van der Waals surface area contributed by atoms with E-state index in [0.717, 1.165) is 5.69 Å². The third-order valence-electron chi connectivity index (χ3n) is 5.65. The number of nitrogens with one attached hydrogen (secondary N) is 1. The number of halogens is 1. The Hall–Kier alpha value is -2.81. The molecule has 2 aliphatic heterocycles. The van der Waals surface area contributed by atoms with Crippen LogP contribution in [0.4, 0.5) is 21.0 Å². The van der Waals surface area contributed by atoms with Gasteiger partial charge in [-0.15, -0.1) is 0 Å². The van der Waals surface area contributed by atoms with Crippen molar-refractivity contribution >= 4 is 35.1 Å². The number of aromatic nitrogens is 3. The molecule has 3 amide bonds. The number of hydrogen-bond donors (Lipinski definition) is 1. The molecule has 9 nitrogen and oxygen atoms in total. The minimum Gasteiger partial charge on any atom is -0.441 e. The average Bonchev–Trinajstić information content (AvgIpc) is 3.11. The maximum Gasteiger partial charge on any atom is 0.415 e. The van der Waals surface area contributed by atoms with E-state index in [9.17, 15) is 9.59 Å². The lowest BCUT2D eigenvalue weighted by Crippen LogP contribution is -2.47. The molecule has 29 heavy (non-hydrogen) atoms. The zero-order valence-electron chi connectivity index (χ0n) is 16.7. The van der Waals surface area contributed by atoms with Gasteiger partial charge in [0.1, 0.15) is 10.8 Å². The van der Waals surface area contributed by atoms with E-state index in [1.54, 1.807) is 28.1 Å². The van der Waals surface area contributed by atoms with Crippen LogP contribution in [0.2, 0.25) is 5.15 Å². The van der Waals surface area contributed by atoms with Crippen LogP contribution in [0.5, 0.6) is 0 Å². The van der Waals surface area contributed by atoms with E-state index in [1.165, 1.54) is 6.20 Å². The number of urea groups is 1. The third kappa shape index (κ3) is 3.39. The molecular formula is C19H23ClN6O3. The average molecular weight is 419 g/mol. The summed E-state index contributed by atoms with van der Waals surface area (Å²) in [5.41, 5.74) is 1.43. The Labute approximate surface area is 173 Å². The molecule has 1 saturated heterocycles. The summed E-state index contributed by atoms with van der Waals surface area (Å²) in [6.45, 7) is 8.51. The number of cyclic esters (lactones) is 1. The zero-order valence-corrected chi connectivity index (χ0v) is 17.5. The van der Waals surface area contributed by atoms with Crippen molar-refractivity contribution in [1.29, 1.82) is 0 Å². The Morgan fingerprint density at radius 3 is 2.79 bits per heavy atom. The molecule has 1 fully saturated rings. The van der Waals surface area contributed by atoms with Gasteiger partial charge in [0, 0.05) is 11.9 Å². The molecule has 2 aromatic rings. The second kappa shape index (κ2) is 6.91. The quantitative estimate of drug-likeness (QED) is 0.753. The van der Waals surface area contributed by atoms with Crippen molar-refractivity contribution in [2.75, 3.05) is 10.2 Å². The van der Waals surface area contributed by atoms with E-state index in [2.05, 4.69) is 15.4 Å². The maximum absolute atomic E-state index is 12.9. The van der Waals surface area contributed by atoms with Crippen LogP contribution in [0.25, 0.3) is 0 Å². The number of fused-ring (bicyclic) bond motifs is 1. The molecule has 0 unspecified atom stereocenters. The summed E-state index contributed by atoms with van der Waals surface area (Å²) in [6.07, 6.45) is 2.80. The van der Waals surface area contributed by atoms with Crippen LogP contribution in [0.3, 0.4) is 0 Å². The fourth-order valence-electron chi connectivity index (χ4n) is 3.67. The first-order chi connectivity index (χ1) is 13.7. The highest BCUT2D eigenvalue weighted by molar-refractivity contribution is 6.29. The minimum absolute atomic E-state index is 0.0769. The van der Waals surface area contributed by atoms with Crippen LogP contribution in [0, 0.1) is 0 Å². The summed E-state index contributed by atoms with van der Waals surface area (Å²) in [6, 6.07) is 2.78. The Morgan fingerprint density at radius 2 is 2.14 bits per heavy atom. The van der Waals surface area contributed by atoms with Gasteiger partial charge in [-0.05, 0) is 39.8 Å². The van der Waals surface area contributed by atoms with E-state index in [0.29, 0.717) is 29.6 Å². The first-order valence-electron chi connectivity index (χ1n) is 9.43. The number of carbonyl (C=O) groups excluding carboxylic acids is 2. The molecule has 0 saturated carbocycles. The first-order valence-corrected chi connectivity index (χ1v) is 9.81. The largest absolute Gasteiger partial charge is 0.441 e. The second-order valence-corrected chi connectivity index (χ2v) is 8.34. The van der Waals surface area contributed by atoms with Crippen molar-refractivity contribution in [2.45, 2.75) is 58.5 Å². The van der Waals surface area contributed by atoms with Crippen LogP contribution in [-0.2, 0) is 17.8 Å². The monoisotopic (exact) mass is 418 g/mol. The molecule has 0 aliphatic carbocycles. The van der Waals surface area contributed by atoms with Gasteiger partial charge >= 0.3 is 12.1 Å². The molecule has 0 aromatic carbocycles. The summed E-state index contributed by atoms with van der Waals surface area (Å²) in [7, 11) is 0. The van der Waals surface area contributed by atoms with Crippen molar-refractivity contribution in [3.8, 4) is 0 Å². The predicted molar refractivity (Wildman–Crippen MR) is 108 cm³/mol. The highest BCUT2D eigenvalue weighted by Crippen LogP contribution is 2.37. The number of carbonyl (C=O) groups is 2. The minimum atomic E-state index is -0.606. The molecular weight excluding hydrogens is 396 g/mol. The lowest BCUT2D eigenvalue weighted by Gasteiger charge is -2.35. The standard InChI is InChI=1S/C19H23ClN6O3/c1-11-9-25-15(10-24(11)17(27)23-13-5-6-21-16(20)7-13)14(8-22-25)26-12(2)19(3,4)29-18(26)28/h5-8,11-12H,9-10H2,1-4H3,(H,21,23,27)/t11-,12-/m0/s1. The van der Waals surface area contributed by atoms with E-state index in [1.807, 2.05) is 32.4 Å². The highest BCUT2D eigenvalue weighted by atomic mass is 35.5. The topological polar surface area (TPSA) is 92.6 Å². The summed E-state index contributed by atoms with van der Waals surface area (Å²) < 4.78 is 7.36. The fourth-order valence-corrected chi connectivity index (χ4v) is 3.84. The number of pyridine rings is 1. The van der Waals surface area contributed by atoms with Gasteiger partial charge in [0.15, 0.2) is 0 Å². The smallest absolute Gasteiger partial charge is 0.415 e. The molecule has 4 rings (SSSR count). The van der Waals surface area contributed by atoms with Crippen molar-refractivity contribution in [2.24, 2.45) is 0 Å². The van der Waals surface area contributed by atoms with Crippen LogP contribution in [0.1, 0.15) is 33.4 Å². The van der Waals surface area contributed by atoms with Crippen LogP contribution >= 0.6 is 11.6 Å². The molecule has 0 spiro atoms. The predicted octanol–water partition coefficient (Wildman–Crippen LogP) is 3.49. The van der Waals surface area contributed by atoms with Gasteiger partial charge < -0.3 is 15.0 Å². The summed E-state index contributed by atoms with van der Waals surface area (Å²) in [5, 5.41) is 7.60. The lowest BCUT2D eigenvalue weighted by atomic mass is 10.0. The number of amides is 3. The van der Waals surface area contributed by atoms with Gasteiger partial charge in [0.2, 0.25) is 0 Å². The molecule has 2 aromatic heterocycles. The summed E-state index contributed by atoms with van der Waals surface area (Å²) in [4.78, 5) is 32.6. The number of ether oxygens (including phenoxy) is 1. The Kier molecular flexibility index (Phi) is 4.65. The van der Waals surface area contributed by atoms with E-state index in [-0.39, 0.29) is 18.1 Å². The normalized spacial score (nSPS) is 23.0. The molecule has 1 N–H and O–H groups in total. The number of hydrogen-bond acceptors (Lipinski definition) is 5. The number of anilines is 2. The second-order valence-electron chi connectivity index (χ2n) is 7.95. The van der Waals surface area contributed by atoms with E-state index < -0.39 is 11.7 Å². The van der Waals surface area contributed by atoms with Crippen LogP contribution < -0.4 is 10.2 Å². The van der Waals surface area contributed by atoms with Crippen molar-refractivity contribution in [3.05, 3.63) is 35.4 Å². The molecule has 4 heterocycles. The lowest BCUT2D eigenvalue weighted by molar-refractivity contribution is 0.0718. The van der Waals surface area contributed by atoms with E-state index in [4.69, 9.17) is 16.3 Å². The Balaban J connectivity index is 1.59. The van der Waals surface area contributed by atoms with Crippen LogP contribution in [-0.4, -0.2) is 49.5 Å². The van der Waals surface area contributed by atoms with Crippen molar-refractivity contribution in [1.82, 2.24) is 19.7 Å². The van der Waals surface area contributed by atoms with Gasteiger partial charge in [-0.3, -0.25) is 9.58 Å². The molecule has 10 heteroatoms. The number of nitrogens with zero attached hydrogens (tertiary/aromatic N) is 5. The maximum atomic E-state index is 12.9. The van der Waals surface area contributed by atoms with Gasteiger partial charge in [0.25, 0.3) is 0 Å². The fraction of sp³-hybridized carbons (Fsp3) is 0.474. The van der Waals surface area contributed by atoms with Gasteiger partial charge in [-0.25, -0.2) is 14.6 Å². The molecule has 0 bridgehead atoms. The summed E-state index contributed by atoms with van der Waals surface area (Å²) in [5.74, 6) is 0. The summed E-state index contributed by atoms with van der Waals surface area (Å²) >= 11 is 5.90. The zero-order chi connectivity index (χ0) is 20.9. The Bertz CT molecular complexity index is 975. The highest BCUT2D eigenvalue weighted by Gasteiger charge is 2.47. The molecule has 2 atom stereocenters. The van der Waals surface area contributed by atoms with Crippen LogP contribution in [0.15, 0.2) is 24.5 Å². The van der Waals surface area contributed by atoms with Crippen molar-refractivity contribution < 1.29 is 14.3 Å². The first kappa shape index (κ1) is 19.5. The third-order valence-corrected chi connectivity index (χ3v) is 5.86. The Morgan fingerprint density at radius 1 is 1.38 bits per heavy atom.